The molecule has 19 heavy (non-hydrogen) atoms. The van der Waals surface area contributed by atoms with E-state index in [1.165, 1.54) is 11.3 Å². The van der Waals surface area contributed by atoms with Crippen molar-refractivity contribution in [3.05, 3.63) is 52.2 Å². The van der Waals surface area contributed by atoms with Crippen molar-refractivity contribution < 1.29 is 5.11 Å². The van der Waals surface area contributed by atoms with Crippen LogP contribution in [0, 0.1) is 0 Å². The Morgan fingerprint density at radius 2 is 1.95 bits per heavy atom. The van der Waals surface area contributed by atoms with Gasteiger partial charge in [-0.25, -0.2) is 0 Å². The highest BCUT2D eigenvalue weighted by atomic mass is 32.1. The maximum Gasteiger partial charge on any atom is 0.0922 e. The van der Waals surface area contributed by atoms with E-state index in [-0.39, 0.29) is 0 Å². The van der Waals surface area contributed by atoms with Gasteiger partial charge in [-0.3, -0.25) is 0 Å². The third-order valence-electron chi connectivity index (χ3n) is 3.05. The van der Waals surface area contributed by atoms with Gasteiger partial charge in [0.1, 0.15) is 0 Å². The number of nitrogens with zero attached hydrogens (tertiary/aromatic N) is 1. The van der Waals surface area contributed by atoms with E-state index in [2.05, 4.69) is 34.5 Å². The molecule has 1 aromatic carbocycles. The lowest BCUT2D eigenvalue weighted by Crippen LogP contribution is -2.20. The summed E-state index contributed by atoms with van der Waals surface area (Å²) in [4.78, 5) is 2.08. The molecule has 4 heteroatoms. The number of nitrogens with one attached hydrogen (secondary N) is 1. The Bertz CT molecular complexity index is 479. The van der Waals surface area contributed by atoms with E-state index >= 15 is 0 Å². The summed E-state index contributed by atoms with van der Waals surface area (Å²) in [6.07, 6.45) is -0.424. The van der Waals surface area contributed by atoms with Crippen LogP contribution in [0.4, 0.5) is 5.69 Å². The van der Waals surface area contributed by atoms with Gasteiger partial charge in [0, 0.05) is 32.9 Å². The highest BCUT2D eigenvalue weighted by Gasteiger charge is 2.06. The summed E-state index contributed by atoms with van der Waals surface area (Å²) in [6, 6.07) is 10.4. The number of aliphatic hydroxyl groups excluding tert-OH is 1. The Morgan fingerprint density at radius 1 is 1.21 bits per heavy atom. The quantitative estimate of drug-likeness (QED) is 0.851. The molecule has 0 spiro atoms. The fraction of sp³-hybridized carbons (Fsp3) is 0.333. The molecule has 102 valence electrons. The van der Waals surface area contributed by atoms with Crippen LogP contribution in [0.5, 0.6) is 0 Å². The first-order valence-corrected chi connectivity index (χ1v) is 7.28. The second-order valence-corrected chi connectivity index (χ2v) is 5.54. The van der Waals surface area contributed by atoms with E-state index in [9.17, 15) is 5.11 Å². The van der Waals surface area contributed by atoms with E-state index in [0.717, 1.165) is 12.1 Å². The lowest BCUT2D eigenvalue weighted by molar-refractivity contribution is 0.175. The summed E-state index contributed by atoms with van der Waals surface area (Å²) in [5.74, 6) is 0. The van der Waals surface area contributed by atoms with Crippen molar-refractivity contribution in [2.24, 2.45) is 0 Å². The molecule has 1 heterocycles. The first-order valence-electron chi connectivity index (χ1n) is 6.34. The molecule has 1 aromatic heterocycles. The fourth-order valence-electron chi connectivity index (χ4n) is 1.85. The molecule has 0 saturated heterocycles. The van der Waals surface area contributed by atoms with Crippen LogP contribution in [0.2, 0.25) is 0 Å². The topological polar surface area (TPSA) is 35.5 Å². The molecule has 0 aliphatic rings. The summed E-state index contributed by atoms with van der Waals surface area (Å²) >= 11 is 1.61. The van der Waals surface area contributed by atoms with Crippen molar-refractivity contribution in [2.75, 3.05) is 25.5 Å². The van der Waals surface area contributed by atoms with Crippen LogP contribution in [0.25, 0.3) is 0 Å². The van der Waals surface area contributed by atoms with Gasteiger partial charge in [0.2, 0.25) is 0 Å². The standard InChI is InChI=1S/C15H20N2OS/c1-17(2)14-5-3-12(4-6-14)9-16-10-15(18)13-7-8-19-11-13/h3-8,11,15-16,18H,9-10H2,1-2H3. The Hall–Kier alpha value is -1.36. The van der Waals surface area contributed by atoms with Gasteiger partial charge >= 0.3 is 0 Å². The molecular formula is C15H20N2OS. The number of hydrogen-bond acceptors (Lipinski definition) is 4. The van der Waals surface area contributed by atoms with Crippen molar-refractivity contribution in [1.29, 1.82) is 0 Å². The van der Waals surface area contributed by atoms with Crippen molar-refractivity contribution in [3.63, 3.8) is 0 Å². The maximum absolute atomic E-state index is 9.94. The highest BCUT2D eigenvalue weighted by molar-refractivity contribution is 7.07. The summed E-state index contributed by atoms with van der Waals surface area (Å²) in [7, 11) is 4.06. The van der Waals surface area contributed by atoms with Gasteiger partial charge < -0.3 is 15.3 Å². The molecule has 0 aliphatic carbocycles. The van der Waals surface area contributed by atoms with Gasteiger partial charge in [-0.1, -0.05) is 12.1 Å². The molecule has 1 atom stereocenters. The SMILES string of the molecule is CN(C)c1ccc(CNCC(O)c2ccsc2)cc1. The summed E-state index contributed by atoms with van der Waals surface area (Å²) in [5.41, 5.74) is 3.41. The van der Waals surface area contributed by atoms with Gasteiger partial charge in [-0.15, -0.1) is 0 Å². The van der Waals surface area contributed by atoms with Gasteiger partial charge in [0.15, 0.2) is 0 Å². The van der Waals surface area contributed by atoms with E-state index in [1.807, 2.05) is 30.9 Å². The first kappa shape index (κ1) is 14.1. The van der Waals surface area contributed by atoms with Crippen LogP contribution in [0.1, 0.15) is 17.2 Å². The minimum Gasteiger partial charge on any atom is -0.387 e. The Kier molecular flexibility index (Phi) is 4.96. The van der Waals surface area contributed by atoms with Gasteiger partial charge in [-0.05, 0) is 40.1 Å². The largest absolute Gasteiger partial charge is 0.387 e. The average Bonchev–Trinajstić information content (AvgIpc) is 2.93. The normalized spacial score (nSPS) is 12.4. The van der Waals surface area contributed by atoms with Crippen LogP contribution in [0.3, 0.4) is 0 Å². The van der Waals surface area contributed by atoms with Gasteiger partial charge in [0.25, 0.3) is 0 Å². The lowest BCUT2D eigenvalue weighted by atomic mass is 10.1. The van der Waals surface area contributed by atoms with E-state index in [4.69, 9.17) is 0 Å². The zero-order valence-corrected chi connectivity index (χ0v) is 12.2. The molecule has 3 nitrogen and oxygen atoms in total. The smallest absolute Gasteiger partial charge is 0.0922 e. The highest BCUT2D eigenvalue weighted by Crippen LogP contribution is 2.16. The maximum atomic E-state index is 9.94. The second kappa shape index (κ2) is 6.70. The second-order valence-electron chi connectivity index (χ2n) is 4.76. The van der Waals surface area contributed by atoms with Crippen LogP contribution < -0.4 is 10.2 Å². The molecule has 2 N–H and O–H groups in total. The van der Waals surface area contributed by atoms with Crippen molar-refractivity contribution in [2.45, 2.75) is 12.6 Å². The summed E-state index contributed by atoms with van der Waals surface area (Å²) in [5, 5.41) is 17.2. The molecule has 0 aliphatic heterocycles. The van der Waals surface area contributed by atoms with E-state index in [1.54, 1.807) is 11.3 Å². The molecule has 0 fully saturated rings. The Labute approximate surface area is 118 Å². The van der Waals surface area contributed by atoms with Crippen molar-refractivity contribution in [3.8, 4) is 0 Å². The monoisotopic (exact) mass is 276 g/mol. The third kappa shape index (κ3) is 4.06. The number of anilines is 1. The zero-order chi connectivity index (χ0) is 13.7. The van der Waals surface area contributed by atoms with Gasteiger partial charge in [0.05, 0.1) is 6.10 Å². The summed E-state index contributed by atoms with van der Waals surface area (Å²) in [6.45, 7) is 1.35. The number of rotatable bonds is 6. The minimum atomic E-state index is -0.424. The lowest BCUT2D eigenvalue weighted by Gasteiger charge is -2.13. The number of benzene rings is 1. The molecule has 0 saturated carbocycles. The van der Waals surface area contributed by atoms with Gasteiger partial charge in [-0.2, -0.15) is 11.3 Å². The average molecular weight is 276 g/mol. The molecule has 1 unspecified atom stereocenters. The van der Waals surface area contributed by atoms with E-state index in [0.29, 0.717) is 6.54 Å². The minimum absolute atomic E-state index is 0.424. The molecule has 0 bridgehead atoms. The predicted molar refractivity (Wildman–Crippen MR) is 81.8 cm³/mol. The Morgan fingerprint density at radius 3 is 2.53 bits per heavy atom. The molecule has 2 aromatic rings. The van der Waals surface area contributed by atoms with Crippen LogP contribution in [0.15, 0.2) is 41.1 Å². The summed E-state index contributed by atoms with van der Waals surface area (Å²) < 4.78 is 0. The fourth-order valence-corrected chi connectivity index (χ4v) is 2.55. The number of aliphatic hydroxyl groups is 1. The van der Waals surface area contributed by atoms with Crippen LogP contribution in [-0.4, -0.2) is 25.7 Å². The van der Waals surface area contributed by atoms with Crippen LogP contribution in [-0.2, 0) is 6.54 Å². The zero-order valence-electron chi connectivity index (χ0n) is 11.3. The number of thiophene rings is 1. The molecular weight excluding hydrogens is 256 g/mol. The Balaban J connectivity index is 1.79. The predicted octanol–water partition coefficient (Wildman–Crippen LogP) is 2.64. The van der Waals surface area contributed by atoms with Crippen molar-refractivity contribution in [1.82, 2.24) is 5.32 Å². The van der Waals surface area contributed by atoms with E-state index < -0.39 is 6.10 Å². The molecule has 0 amide bonds. The first-order chi connectivity index (χ1) is 9.16. The third-order valence-corrected chi connectivity index (χ3v) is 3.75. The number of hydrogen-bond donors (Lipinski definition) is 2. The van der Waals surface area contributed by atoms with Crippen molar-refractivity contribution >= 4 is 17.0 Å². The molecule has 0 radical (unpaired) electrons. The van der Waals surface area contributed by atoms with Crippen LogP contribution >= 0.6 is 11.3 Å². The molecule has 2 rings (SSSR count).